The third kappa shape index (κ3) is 3.51. The van der Waals surface area contributed by atoms with Crippen LogP contribution < -0.4 is 0 Å². The van der Waals surface area contributed by atoms with E-state index in [1.54, 1.807) is 0 Å². The van der Waals surface area contributed by atoms with Gasteiger partial charge in [0.2, 0.25) is 0 Å². The fraction of sp³-hybridized carbons (Fsp3) is 0.800. The maximum absolute atomic E-state index is 11.8. The Morgan fingerprint density at radius 2 is 2.27 bits per heavy atom. The molecule has 0 radical (unpaired) electrons. The van der Waals surface area contributed by atoms with Crippen molar-refractivity contribution in [2.75, 3.05) is 19.7 Å². The van der Waals surface area contributed by atoms with Crippen LogP contribution in [0.15, 0.2) is 0 Å². The smallest absolute Gasteiger partial charge is 0.323 e. The van der Waals surface area contributed by atoms with E-state index in [1.807, 2.05) is 6.92 Å². The number of carboxylic acid groups (broad SMARTS) is 1. The van der Waals surface area contributed by atoms with Crippen LogP contribution in [0.3, 0.4) is 0 Å². The predicted molar refractivity (Wildman–Crippen MR) is 53.5 cm³/mol. The molecule has 1 amide bonds. The quantitative estimate of drug-likeness (QED) is 0.724. The second-order valence-electron chi connectivity index (χ2n) is 3.66. The Hall–Kier alpha value is -1.10. The van der Waals surface area contributed by atoms with Crippen molar-refractivity contribution in [1.29, 1.82) is 0 Å². The highest BCUT2D eigenvalue weighted by Gasteiger charge is 2.28. The van der Waals surface area contributed by atoms with Gasteiger partial charge in [-0.3, -0.25) is 9.59 Å². The topological polar surface area (TPSA) is 66.8 Å². The van der Waals surface area contributed by atoms with E-state index in [1.165, 1.54) is 4.90 Å². The molecule has 1 atom stereocenters. The van der Waals surface area contributed by atoms with Gasteiger partial charge in [0.1, 0.15) is 12.6 Å². The summed E-state index contributed by atoms with van der Waals surface area (Å²) in [4.78, 5) is 23.7. The molecule has 5 heteroatoms. The first-order valence-electron chi connectivity index (χ1n) is 5.27. The molecule has 1 aliphatic rings. The summed E-state index contributed by atoms with van der Waals surface area (Å²) in [6, 6.07) is 0. The van der Waals surface area contributed by atoms with Gasteiger partial charge in [0, 0.05) is 13.2 Å². The van der Waals surface area contributed by atoms with Crippen LogP contribution in [0.2, 0.25) is 0 Å². The Kier molecular flexibility index (Phi) is 4.55. The van der Waals surface area contributed by atoms with E-state index < -0.39 is 12.1 Å². The molecule has 0 spiro atoms. The minimum atomic E-state index is -0.977. The van der Waals surface area contributed by atoms with Crippen molar-refractivity contribution in [1.82, 2.24) is 4.90 Å². The van der Waals surface area contributed by atoms with E-state index in [2.05, 4.69) is 0 Å². The molecule has 1 fully saturated rings. The number of carbonyl (C=O) groups is 2. The minimum Gasteiger partial charge on any atom is -0.480 e. The summed E-state index contributed by atoms with van der Waals surface area (Å²) in [6.07, 6.45) is 1.92. The van der Waals surface area contributed by atoms with Gasteiger partial charge in [0.15, 0.2) is 0 Å². The standard InChI is InChI=1S/C10H17NO4/c1-2-5-11(7-9(12)13)10(14)8-4-3-6-15-8/h8H,2-7H2,1H3,(H,12,13)/t8-/m0/s1. The van der Waals surface area contributed by atoms with Gasteiger partial charge in [-0.05, 0) is 19.3 Å². The third-order valence-corrected chi connectivity index (χ3v) is 2.34. The molecular weight excluding hydrogens is 198 g/mol. The molecular formula is C10H17NO4. The highest BCUT2D eigenvalue weighted by Crippen LogP contribution is 2.14. The first-order valence-corrected chi connectivity index (χ1v) is 5.27. The van der Waals surface area contributed by atoms with Crippen LogP contribution in [0.1, 0.15) is 26.2 Å². The molecule has 1 rings (SSSR count). The molecule has 86 valence electrons. The summed E-state index contributed by atoms with van der Waals surface area (Å²) in [6.45, 7) is 2.76. The molecule has 0 aliphatic carbocycles. The normalized spacial score (nSPS) is 20.2. The van der Waals surface area contributed by atoms with Gasteiger partial charge in [-0.1, -0.05) is 6.92 Å². The van der Waals surface area contributed by atoms with Crippen LogP contribution >= 0.6 is 0 Å². The van der Waals surface area contributed by atoms with Crippen molar-refractivity contribution >= 4 is 11.9 Å². The van der Waals surface area contributed by atoms with E-state index in [9.17, 15) is 9.59 Å². The number of hydrogen-bond donors (Lipinski definition) is 1. The summed E-state index contributed by atoms with van der Waals surface area (Å²) < 4.78 is 5.24. The van der Waals surface area contributed by atoms with E-state index in [-0.39, 0.29) is 12.5 Å². The van der Waals surface area contributed by atoms with Crippen molar-refractivity contribution in [3.63, 3.8) is 0 Å². The molecule has 15 heavy (non-hydrogen) atoms. The van der Waals surface area contributed by atoms with Gasteiger partial charge in [0.05, 0.1) is 0 Å². The number of ether oxygens (including phenoxy) is 1. The number of carbonyl (C=O) groups excluding carboxylic acids is 1. The van der Waals surface area contributed by atoms with Crippen LogP contribution in [0.5, 0.6) is 0 Å². The number of nitrogens with zero attached hydrogens (tertiary/aromatic N) is 1. The zero-order chi connectivity index (χ0) is 11.3. The molecule has 1 heterocycles. The van der Waals surface area contributed by atoms with Crippen molar-refractivity contribution in [3.8, 4) is 0 Å². The lowest BCUT2D eigenvalue weighted by atomic mass is 10.2. The highest BCUT2D eigenvalue weighted by molar-refractivity contribution is 5.84. The monoisotopic (exact) mass is 215 g/mol. The summed E-state index contributed by atoms with van der Waals surface area (Å²) >= 11 is 0. The molecule has 1 N–H and O–H groups in total. The fourth-order valence-electron chi connectivity index (χ4n) is 1.68. The number of amides is 1. The molecule has 5 nitrogen and oxygen atoms in total. The molecule has 0 bridgehead atoms. The van der Waals surface area contributed by atoms with Crippen LogP contribution in [0.25, 0.3) is 0 Å². The van der Waals surface area contributed by atoms with Crippen LogP contribution in [-0.4, -0.2) is 47.7 Å². The summed E-state index contributed by atoms with van der Waals surface area (Å²) in [7, 11) is 0. The van der Waals surface area contributed by atoms with Crippen molar-refractivity contribution in [2.24, 2.45) is 0 Å². The van der Waals surface area contributed by atoms with Crippen LogP contribution in [-0.2, 0) is 14.3 Å². The van der Waals surface area contributed by atoms with Crippen molar-refractivity contribution in [3.05, 3.63) is 0 Å². The molecule has 0 aromatic rings. The average Bonchev–Trinajstić information content (AvgIpc) is 2.68. The maximum Gasteiger partial charge on any atom is 0.323 e. The van der Waals surface area contributed by atoms with Gasteiger partial charge in [-0.15, -0.1) is 0 Å². The third-order valence-electron chi connectivity index (χ3n) is 2.34. The van der Waals surface area contributed by atoms with Gasteiger partial charge in [0.25, 0.3) is 5.91 Å². The summed E-state index contributed by atoms with van der Waals surface area (Å²) in [5, 5.41) is 8.67. The Balaban J connectivity index is 2.52. The lowest BCUT2D eigenvalue weighted by Gasteiger charge is -2.22. The van der Waals surface area contributed by atoms with Gasteiger partial charge >= 0.3 is 5.97 Å². The van der Waals surface area contributed by atoms with Crippen molar-refractivity contribution in [2.45, 2.75) is 32.3 Å². The second kappa shape index (κ2) is 5.70. The van der Waals surface area contributed by atoms with E-state index >= 15 is 0 Å². The highest BCUT2D eigenvalue weighted by atomic mass is 16.5. The van der Waals surface area contributed by atoms with Gasteiger partial charge in [-0.25, -0.2) is 0 Å². The number of aliphatic carboxylic acids is 1. The van der Waals surface area contributed by atoms with Crippen LogP contribution in [0, 0.1) is 0 Å². The largest absolute Gasteiger partial charge is 0.480 e. The Labute approximate surface area is 89.0 Å². The molecule has 0 saturated carbocycles. The fourth-order valence-corrected chi connectivity index (χ4v) is 1.68. The van der Waals surface area contributed by atoms with Gasteiger partial charge < -0.3 is 14.7 Å². The summed E-state index contributed by atoms with van der Waals surface area (Å²) in [5.74, 6) is -1.16. The lowest BCUT2D eigenvalue weighted by Crippen LogP contribution is -2.42. The summed E-state index contributed by atoms with van der Waals surface area (Å²) in [5.41, 5.74) is 0. The average molecular weight is 215 g/mol. The Morgan fingerprint density at radius 3 is 2.73 bits per heavy atom. The zero-order valence-corrected chi connectivity index (χ0v) is 8.94. The number of hydrogen-bond acceptors (Lipinski definition) is 3. The molecule has 1 saturated heterocycles. The molecule has 0 aromatic heterocycles. The SMILES string of the molecule is CCCN(CC(=O)O)C(=O)[C@@H]1CCCO1. The van der Waals surface area contributed by atoms with Gasteiger partial charge in [-0.2, -0.15) is 0 Å². The lowest BCUT2D eigenvalue weighted by molar-refractivity contribution is -0.149. The Bertz CT molecular complexity index is 236. The molecule has 1 aliphatic heterocycles. The first-order chi connectivity index (χ1) is 7.15. The number of rotatable bonds is 5. The maximum atomic E-state index is 11.8. The molecule has 0 unspecified atom stereocenters. The predicted octanol–water partition coefficient (Wildman–Crippen LogP) is 0.489. The minimum absolute atomic E-state index is 0.184. The van der Waals surface area contributed by atoms with Crippen LogP contribution in [0.4, 0.5) is 0 Å². The Morgan fingerprint density at radius 1 is 1.53 bits per heavy atom. The van der Waals surface area contributed by atoms with E-state index in [0.29, 0.717) is 19.6 Å². The molecule has 0 aromatic carbocycles. The van der Waals surface area contributed by atoms with E-state index in [4.69, 9.17) is 9.84 Å². The first kappa shape index (κ1) is 12.0. The second-order valence-corrected chi connectivity index (χ2v) is 3.66. The zero-order valence-electron chi connectivity index (χ0n) is 8.94. The van der Waals surface area contributed by atoms with E-state index in [0.717, 1.165) is 12.8 Å². The number of carboxylic acids is 1. The van der Waals surface area contributed by atoms with Crippen molar-refractivity contribution < 1.29 is 19.4 Å².